The molecule has 1 aromatic carbocycles. The maximum Gasteiger partial charge on any atom is 0.254 e. The highest BCUT2D eigenvalue weighted by Crippen LogP contribution is 2.17. The van der Waals surface area contributed by atoms with E-state index >= 15 is 0 Å². The molecule has 3 rings (SSSR count). The predicted molar refractivity (Wildman–Crippen MR) is 81.1 cm³/mol. The van der Waals surface area contributed by atoms with E-state index in [1.165, 1.54) is 17.3 Å². The number of aryl methyl sites for hydroxylation is 1. The first-order valence-electron chi connectivity index (χ1n) is 6.85. The lowest BCUT2D eigenvalue weighted by molar-refractivity contribution is 0.0952. The number of carbonyl (C=O) groups is 1. The lowest BCUT2D eigenvalue weighted by Crippen LogP contribution is -2.26. The van der Waals surface area contributed by atoms with Crippen LogP contribution in [0.1, 0.15) is 21.6 Å². The van der Waals surface area contributed by atoms with Crippen molar-refractivity contribution in [3.8, 4) is 0 Å². The molecule has 2 N–H and O–H groups in total. The summed E-state index contributed by atoms with van der Waals surface area (Å²) in [5.74, 6) is -0.132. The Hall–Kier alpha value is -2.69. The molecule has 2 aromatic heterocycles. The highest BCUT2D eigenvalue weighted by molar-refractivity contribution is 5.94. The minimum atomic E-state index is -0.132. The average molecular weight is 280 g/mol. The molecule has 0 bridgehead atoms. The quantitative estimate of drug-likeness (QED) is 0.770. The van der Waals surface area contributed by atoms with Crippen molar-refractivity contribution in [2.24, 2.45) is 0 Å². The van der Waals surface area contributed by atoms with Gasteiger partial charge in [-0.3, -0.25) is 4.79 Å². The van der Waals surface area contributed by atoms with Crippen LogP contribution in [0.5, 0.6) is 0 Å². The van der Waals surface area contributed by atoms with Crippen molar-refractivity contribution < 1.29 is 4.79 Å². The lowest BCUT2D eigenvalue weighted by atomic mass is 10.1. The van der Waals surface area contributed by atoms with Crippen LogP contribution >= 0.6 is 0 Å². The summed E-state index contributed by atoms with van der Waals surface area (Å²) in [6.45, 7) is 2.38. The highest BCUT2D eigenvalue weighted by atomic mass is 16.1. The zero-order chi connectivity index (χ0) is 14.7. The minimum absolute atomic E-state index is 0.132. The number of amides is 1. The number of carbonyl (C=O) groups excluding carboxylic acids is 1. The van der Waals surface area contributed by atoms with Crippen LogP contribution in [0.15, 0.2) is 43.0 Å². The summed E-state index contributed by atoms with van der Waals surface area (Å²) in [5.41, 5.74) is 3.53. The maximum absolute atomic E-state index is 12.1. The largest absolute Gasteiger partial charge is 0.361 e. The summed E-state index contributed by atoms with van der Waals surface area (Å²) in [6.07, 6.45) is 5.76. The Morgan fingerprint density at radius 1 is 1.33 bits per heavy atom. The van der Waals surface area contributed by atoms with E-state index in [1.807, 2.05) is 24.4 Å². The summed E-state index contributed by atoms with van der Waals surface area (Å²) < 4.78 is 0. The molecule has 0 fully saturated rings. The summed E-state index contributed by atoms with van der Waals surface area (Å²) >= 11 is 0. The van der Waals surface area contributed by atoms with Crippen LogP contribution in [-0.2, 0) is 6.42 Å². The molecular formula is C16H16N4O. The molecular weight excluding hydrogens is 264 g/mol. The molecule has 0 saturated carbocycles. The van der Waals surface area contributed by atoms with Gasteiger partial charge in [-0.1, -0.05) is 18.2 Å². The van der Waals surface area contributed by atoms with Gasteiger partial charge in [-0.25, -0.2) is 9.97 Å². The van der Waals surface area contributed by atoms with Crippen molar-refractivity contribution in [2.75, 3.05) is 6.54 Å². The normalized spacial score (nSPS) is 10.7. The number of nitrogens with zero attached hydrogens (tertiary/aromatic N) is 2. The number of para-hydroxylation sites is 1. The van der Waals surface area contributed by atoms with Gasteiger partial charge in [0.05, 0.1) is 11.3 Å². The molecule has 5 heteroatoms. The number of fused-ring (bicyclic) bond motifs is 1. The van der Waals surface area contributed by atoms with E-state index in [-0.39, 0.29) is 5.91 Å². The molecule has 2 heterocycles. The van der Waals surface area contributed by atoms with Crippen LogP contribution in [0.4, 0.5) is 0 Å². The van der Waals surface area contributed by atoms with Crippen molar-refractivity contribution >= 4 is 16.8 Å². The summed E-state index contributed by atoms with van der Waals surface area (Å²) in [5, 5.41) is 4.11. The Morgan fingerprint density at radius 2 is 2.19 bits per heavy atom. The van der Waals surface area contributed by atoms with Crippen LogP contribution in [-0.4, -0.2) is 27.4 Å². The third kappa shape index (κ3) is 2.76. The van der Waals surface area contributed by atoms with Gasteiger partial charge in [0.2, 0.25) is 0 Å². The van der Waals surface area contributed by atoms with Gasteiger partial charge in [0.25, 0.3) is 5.91 Å². The number of aromatic amines is 1. The number of hydrogen-bond acceptors (Lipinski definition) is 3. The predicted octanol–water partition coefficient (Wildman–Crippen LogP) is 2.24. The molecule has 0 aliphatic rings. The second-order valence-electron chi connectivity index (χ2n) is 4.89. The second-order valence-corrected chi connectivity index (χ2v) is 4.89. The number of H-pyrrole nitrogens is 1. The molecule has 0 aliphatic carbocycles. The van der Waals surface area contributed by atoms with E-state index in [2.05, 4.69) is 26.3 Å². The van der Waals surface area contributed by atoms with E-state index in [4.69, 9.17) is 0 Å². The molecule has 0 spiro atoms. The topological polar surface area (TPSA) is 70.7 Å². The summed E-state index contributed by atoms with van der Waals surface area (Å²) in [4.78, 5) is 23.2. The maximum atomic E-state index is 12.1. The SMILES string of the molecule is Cc1ncncc1C(=O)NCCc1c[nH]c2ccccc12. The Bertz CT molecular complexity index is 779. The fraction of sp³-hybridized carbons (Fsp3) is 0.188. The molecule has 3 aromatic rings. The zero-order valence-electron chi connectivity index (χ0n) is 11.8. The number of nitrogens with one attached hydrogen (secondary N) is 2. The number of benzene rings is 1. The number of rotatable bonds is 4. The molecule has 1 amide bonds. The molecule has 0 unspecified atom stereocenters. The molecule has 0 aliphatic heterocycles. The van der Waals surface area contributed by atoms with Crippen molar-refractivity contribution in [2.45, 2.75) is 13.3 Å². The third-order valence-electron chi connectivity index (χ3n) is 3.51. The Balaban J connectivity index is 1.64. The first-order chi connectivity index (χ1) is 10.3. The van der Waals surface area contributed by atoms with E-state index in [0.717, 1.165) is 11.9 Å². The van der Waals surface area contributed by atoms with Gasteiger partial charge in [-0.2, -0.15) is 0 Å². The first kappa shape index (κ1) is 13.3. The van der Waals surface area contributed by atoms with Crippen LogP contribution < -0.4 is 5.32 Å². The molecule has 5 nitrogen and oxygen atoms in total. The van der Waals surface area contributed by atoms with Crippen LogP contribution in [0.2, 0.25) is 0 Å². The van der Waals surface area contributed by atoms with Gasteiger partial charge in [-0.15, -0.1) is 0 Å². The summed E-state index contributed by atoms with van der Waals surface area (Å²) in [7, 11) is 0. The smallest absolute Gasteiger partial charge is 0.254 e. The Labute approximate surface area is 122 Å². The van der Waals surface area contributed by atoms with Crippen molar-refractivity contribution in [3.63, 3.8) is 0 Å². The molecule has 21 heavy (non-hydrogen) atoms. The van der Waals surface area contributed by atoms with Gasteiger partial charge in [-0.05, 0) is 25.0 Å². The van der Waals surface area contributed by atoms with Crippen LogP contribution in [0.3, 0.4) is 0 Å². The molecule has 0 atom stereocenters. The monoisotopic (exact) mass is 280 g/mol. The second kappa shape index (κ2) is 5.75. The van der Waals surface area contributed by atoms with E-state index in [0.29, 0.717) is 17.8 Å². The van der Waals surface area contributed by atoms with Gasteiger partial charge in [0.1, 0.15) is 6.33 Å². The van der Waals surface area contributed by atoms with Crippen LogP contribution in [0.25, 0.3) is 10.9 Å². The first-order valence-corrected chi connectivity index (χ1v) is 6.85. The number of hydrogen-bond donors (Lipinski definition) is 2. The standard InChI is InChI=1S/C16H16N4O/c1-11-14(9-17-10-20-11)16(21)18-7-6-12-8-19-15-5-3-2-4-13(12)15/h2-5,8-10,19H,6-7H2,1H3,(H,18,21). The number of aromatic nitrogens is 3. The fourth-order valence-corrected chi connectivity index (χ4v) is 2.36. The fourth-order valence-electron chi connectivity index (χ4n) is 2.36. The average Bonchev–Trinajstić information content (AvgIpc) is 2.91. The zero-order valence-corrected chi connectivity index (χ0v) is 11.8. The van der Waals surface area contributed by atoms with Gasteiger partial charge in [0.15, 0.2) is 0 Å². The third-order valence-corrected chi connectivity index (χ3v) is 3.51. The Kier molecular flexibility index (Phi) is 3.64. The molecule has 0 radical (unpaired) electrons. The van der Waals surface area contributed by atoms with E-state index in [1.54, 1.807) is 13.1 Å². The Morgan fingerprint density at radius 3 is 3.05 bits per heavy atom. The lowest BCUT2D eigenvalue weighted by Gasteiger charge is -2.06. The molecule has 0 saturated heterocycles. The van der Waals surface area contributed by atoms with Gasteiger partial charge >= 0.3 is 0 Å². The highest BCUT2D eigenvalue weighted by Gasteiger charge is 2.09. The van der Waals surface area contributed by atoms with Crippen molar-refractivity contribution in [3.05, 3.63) is 59.8 Å². The van der Waals surface area contributed by atoms with Gasteiger partial charge < -0.3 is 10.3 Å². The van der Waals surface area contributed by atoms with Crippen LogP contribution in [0, 0.1) is 6.92 Å². The van der Waals surface area contributed by atoms with E-state index < -0.39 is 0 Å². The molecule has 106 valence electrons. The minimum Gasteiger partial charge on any atom is -0.361 e. The summed E-state index contributed by atoms with van der Waals surface area (Å²) in [6, 6.07) is 8.14. The van der Waals surface area contributed by atoms with E-state index in [9.17, 15) is 4.79 Å². The van der Waals surface area contributed by atoms with Gasteiger partial charge in [0, 0.05) is 29.8 Å². The van der Waals surface area contributed by atoms with Crippen molar-refractivity contribution in [1.29, 1.82) is 0 Å². The van der Waals surface area contributed by atoms with Crippen molar-refractivity contribution in [1.82, 2.24) is 20.3 Å².